The zero-order valence-electron chi connectivity index (χ0n) is 11.1. The molecule has 1 aromatic rings. The van der Waals surface area contributed by atoms with Gasteiger partial charge in [-0.3, -0.25) is 9.59 Å². The number of rotatable bonds is 5. The topological polar surface area (TPSA) is 63.4 Å². The molecule has 0 aromatic heterocycles. The molecule has 0 radical (unpaired) electrons. The monoisotopic (exact) mass is 248 g/mol. The Bertz CT molecular complexity index is 426. The van der Waals surface area contributed by atoms with E-state index in [1.54, 1.807) is 24.1 Å². The van der Waals surface area contributed by atoms with Crippen LogP contribution in [-0.4, -0.2) is 23.8 Å². The summed E-state index contributed by atoms with van der Waals surface area (Å²) < 4.78 is 0. The fraction of sp³-hybridized carbons (Fsp3) is 0.429. The number of nitrogens with two attached hydrogens (primary N) is 1. The standard InChI is InChI=1S/C14H20N2O2/c1-4-10(2)14(18)16(3)9-11-5-7-12(8-6-11)13(15)17/h5-8,10H,4,9H2,1-3H3,(H2,15,17). The predicted octanol–water partition coefficient (Wildman–Crippen LogP) is 1.79. The number of carbonyl (C=O) groups is 2. The van der Waals surface area contributed by atoms with Gasteiger partial charge in [0.05, 0.1) is 0 Å². The Morgan fingerprint density at radius 1 is 1.28 bits per heavy atom. The molecule has 0 fully saturated rings. The molecule has 1 aromatic carbocycles. The Kier molecular flexibility index (Phi) is 4.89. The van der Waals surface area contributed by atoms with Gasteiger partial charge in [-0.15, -0.1) is 0 Å². The van der Waals surface area contributed by atoms with Gasteiger partial charge in [0.15, 0.2) is 0 Å². The minimum Gasteiger partial charge on any atom is -0.366 e. The van der Waals surface area contributed by atoms with Crippen molar-refractivity contribution in [1.82, 2.24) is 4.90 Å². The first-order chi connectivity index (χ1) is 8.45. The molecule has 0 aliphatic rings. The highest BCUT2D eigenvalue weighted by Crippen LogP contribution is 2.10. The van der Waals surface area contributed by atoms with Crippen LogP contribution in [0.1, 0.15) is 36.2 Å². The van der Waals surface area contributed by atoms with E-state index in [1.807, 2.05) is 26.0 Å². The van der Waals surface area contributed by atoms with Gasteiger partial charge < -0.3 is 10.6 Å². The molecule has 1 rings (SSSR count). The molecule has 0 heterocycles. The lowest BCUT2D eigenvalue weighted by Crippen LogP contribution is -2.30. The smallest absolute Gasteiger partial charge is 0.248 e. The van der Waals surface area contributed by atoms with E-state index in [0.717, 1.165) is 12.0 Å². The summed E-state index contributed by atoms with van der Waals surface area (Å²) in [4.78, 5) is 24.5. The van der Waals surface area contributed by atoms with Crippen molar-refractivity contribution < 1.29 is 9.59 Å². The largest absolute Gasteiger partial charge is 0.366 e. The lowest BCUT2D eigenvalue weighted by Gasteiger charge is -2.20. The van der Waals surface area contributed by atoms with Gasteiger partial charge in [0.1, 0.15) is 0 Å². The molecule has 0 aliphatic heterocycles. The third kappa shape index (κ3) is 3.58. The molecule has 0 aliphatic carbocycles. The van der Waals surface area contributed by atoms with Crippen LogP contribution in [0.2, 0.25) is 0 Å². The summed E-state index contributed by atoms with van der Waals surface area (Å²) in [5.41, 5.74) is 6.63. The first kappa shape index (κ1) is 14.2. The molecule has 2 amide bonds. The fourth-order valence-electron chi connectivity index (χ4n) is 1.68. The maximum Gasteiger partial charge on any atom is 0.248 e. The molecular formula is C14H20N2O2. The van der Waals surface area contributed by atoms with E-state index >= 15 is 0 Å². The van der Waals surface area contributed by atoms with E-state index in [9.17, 15) is 9.59 Å². The maximum absolute atomic E-state index is 11.9. The molecule has 0 saturated heterocycles. The molecule has 98 valence electrons. The summed E-state index contributed by atoms with van der Waals surface area (Å²) in [6.07, 6.45) is 0.837. The summed E-state index contributed by atoms with van der Waals surface area (Å²) >= 11 is 0. The zero-order valence-corrected chi connectivity index (χ0v) is 11.1. The van der Waals surface area contributed by atoms with Crippen LogP contribution in [0.25, 0.3) is 0 Å². The third-order valence-electron chi connectivity index (χ3n) is 3.07. The second-order valence-corrected chi connectivity index (χ2v) is 4.56. The van der Waals surface area contributed by atoms with Crippen LogP contribution in [0, 0.1) is 5.92 Å². The summed E-state index contributed by atoms with van der Waals surface area (Å²) in [5.74, 6) is -0.262. The second kappa shape index (κ2) is 6.19. The van der Waals surface area contributed by atoms with E-state index < -0.39 is 5.91 Å². The average Bonchev–Trinajstić information content (AvgIpc) is 2.37. The molecule has 1 atom stereocenters. The van der Waals surface area contributed by atoms with Crippen molar-refractivity contribution in [2.45, 2.75) is 26.8 Å². The Morgan fingerprint density at radius 2 is 1.83 bits per heavy atom. The highest BCUT2D eigenvalue weighted by Gasteiger charge is 2.15. The zero-order chi connectivity index (χ0) is 13.7. The SMILES string of the molecule is CCC(C)C(=O)N(C)Cc1ccc(C(N)=O)cc1. The van der Waals surface area contributed by atoms with E-state index in [4.69, 9.17) is 5.73 Å². The number of nitrogens with zero attached hydrogens (tertiary/aromatic N) is 1. The molecule has 0 bridgehead atoms. The summed E-state index contributed by atoms with van der Waals surface area (Å²) in [7, 11) is 1.79. The number of hydrogen-bond acceptors (Lipinski definition) is 2. The number of hydrogen-bond donors (Lipinski definition) is 1. The minimum atomic E-state index is -0.439. The van der Waals surface area contributed by atoms with Crippen molar-refractivity contribution in [3.8, 4) is 0 Å². The molecule has 18 heavy (non-hydrogen) atoms. The quantitative estimate of drug-likeness (QED) is 0.863. The summed E-state index contributed by atoms with van der Waals surface area (Å²) in [5, 5.41) is 0. The predicted molar refractivity (Wildman–Crippen MR) is 70.9 cm³/mol. The molecule has 2 N–H and O–H groups in total. The Balaban J connectivity index is 2.67. The molecular weight excluding hydrogens is 228 g/mol. The number of amides is 2. The fourth-order valence-corrected chi connectivity index (χ4v) is 1.68. The van der Waals surface area contributed by atoms with Crippen LogP contribution in [0.5, 0.6) is 0 Å². The van der Waals surface area contributed by atoms with Crippen LogP contribution in [-0.2, 0) is 11.3 Å². The van der Waals surface area contributed by atoms with Gasteiger partial charge >= 0.3 is 0 Å². The molecule has 4 heteroatoms. The van der Waals surface area contributed by atoms with Crippen LogP contribution < -0.4 is 5.73 Å². The van der Waals surface area contributed by atoms with Gasteiger partial charge in [-0.05, 0) is 24.1 Å². The minimum absolute atomic E-state index is 0.0416. The Morgan fingerprint density at radius 3 is 2.28 bits per heavy atom. The molecule has 1 unspecified atom stereocenters. The first-order valence-electron chi connectivity index (χ1n) is 6.09. The van der Waals surface area contributed by atoms with Crippen LogP contribution >= 0.6 is 0 Å². The van der Waals surface area contributed by atoms with E-state index in [-0.39, 0.29) is 11.8 Å². The van der Waals surface area contributed by atoms with Gasteiger partial charge in [-0.25, -0.2) is 0 Å². The van der Waals surface area contributed by atoms with E-state index in [2.05, 4.69) is 0 Å². The summed E-state index contributed by atoms with van der Waals surface area (Å²) in [6, 6.07) is 7.00. The van der Waals surface area contributed by atoms with Gasteiger partial charge in [-0.1, -0.05) is 26.0 Å². The second-order valence-electron chi connectivity index (χ2n) is 4.56. The van der Waals surface area contributed by atoms with Crippen molar-refractivity contribution in [2.24, 2.45) is 11.7 Å². The average molecular weight is 248 g/mol. The Labute approximate surface area is 108 Å². The number of benzene rings is 1. The Hall–Kier alpha value is -1.84. The van der Waals surface area contributed by atoms with Gasteiger partial charge in [0, 0.05) is 25.1 Å². The number of carbonyl (C=O) groups excluding carboxylic acids is 2. The molecule has 0 saturated carbocycles. The lowest BCUT2D eigenvalue weighted by molar-refractivity contribution is -0.134. The van der Waals surface area contributed by atoms with E-state index in [0.29, 0.717) is 12.1 Å². The highest BCUT2D eigenvalue weighted by molar-refractivity contribution is 5.92. The van der Waals surface area contributed by atoms with Crippen molar-refractivity contribution in [2.75, 3.05) is 7.05 Å². The van der Waals surface area contributed by atoms with Crippen LogP contribution in [0.3, 0.4) is 0 Å². The van der Waals surface area contributed by atoms with Gasteiger partial charge in [0.25, 0.3) is 0 Å². The van der Waals surface area contributed by atoms with Crippen LogP contribution in [0.4, 0.5) is 0 Å². The van der Waals surface area contributed by atoms with Gasteiger partial charge in [-0.2, -0.15) is 0 Å². The van der Waals surface area contributed by atoms with Crippen LogP contribution in [0.15, 0.2) is 24.3 Å². The van der Waals surface area contributed by atoms with Crippen molar-refractivity contribution in [1.29, 1.82) is 0 Å². The third-order valence-corrected chi connectivity index (χ3v) is 3.07. The van der Waals surface area contributed by atoms with Crippen molar-refractivity contribution in [3.05, 3.63) is 35.4 Å². The lowest BCUT2D eigenvalue weighted by atomic mass is 10.1. The molecule has 0 spiro atoms. The number of primary amides is 1. The summed E-state index contributed by atoms with van der Waals surface area (Å²) in [6.45, 7) is 4.47. The maximum atomic E-state index is 11.9. The first-order valence-corrected chi connectivity index (χ1v) is 6.09. The van der Waals surface area contributed by atoms with Crippen molar-refractivity contribution in [3.63, 3.8) is 0 Å². The normalized spacial score (nSPS) is 11.9. The van der Waals surface area contributed by atoms with Gasteiger partial charge in [0.2, 0.25) is 11.8 Å². The molecule has 4 nitrogen and oxygen atoms in total. The van der Waals surface area contributed by atoms with Crippen molar-refractivity contribution >= 4 is 11.8 Å². The highest BCUT2D eigenvalue weighted by atomic mass is 16.2. The van der Waals surface area contributed by atoms with E-state index in [1.165, 1.54) is 0 Å².